The Morgan fingerprint density at radius 2 is 1.07 bits per heavy atom. The topological polar surface area (TPSA) is 14.1 Å². The van der Waals surface area contributed by atoms with Gasteiger partial charge in [0.1, 0.15) is 0 Å². The van der Waals surface area contributed by atoms with Crippen LogP contribution in [-0.4, -0.2) is 13.1 Å². The zero-order valence-electron chi connectivity index (χ0n) is 9.65. The predicted octanol–water partition coefficient (Wildman–Crippen LogP) is 0.625. The third-order valence-electron chi connectivity index (χ3n) is 3.22. The molecule has 15 heavy (non-hydrogen) atoms. The van der Waals surface area contributed by atoms with Gasteiger partial charge in [-0.3, -0.25) is 0 Å². The molecular weight excluding hydrogens is 209 g/mol. The monoisotopic (exact) mass is 227 g/mol. The van der Waals surface area contributed by atoms with E-state index in [0.29, 0.717) is 0 Å². The van der Waals surface area contributed by atoms with Gasteiger partial charge in [-0.15, -0.1) is 13.1 Å². The van der Waals surface area contributed by atoms with Crippen molar-refractivity contribution in [3.05, 3.63) is 41.7 Å². The molecule has 0 N–H and O–H groups in total. The molecule has 1 aliphatic carbocycles. The van der Waals surface area contributed by atoms with Crippen LogP contribution in [-0.2, 0) is 0 Å². The van der Waals surface area contributed by atoms with Gasteiger partial charge in [0.05, 0.1) is 0 Å². The van der Waals surface area contributed by atoms with Crippen molar-refractivity contribution in [1.29, 1.82) is 0 Å². The maximum absolute atomic E-state index is 4.31. The van der Waals surface area contributed by atoms with Crippen LogP contribution in [0.3, 0.4) is 0 Å². The first-order chi connectivity index (χ1) is 6.91. The number of piperidine rings is 1. The molecular formula is C13H18KN. The van der Waals surface area contributed by atoms with E-state index in [4.69, 9.17) is 0 Å². The minimum Gasteiger partial charge on any atom is -0.662 e. The largest absolute Gasteiger partial charge is 1.00 e. The molecule has 1 heterocycles. The summed E-state index contributed by atoms with van der Waals surface area (Å²) < 4.78 is 0. The maximum Gasteiger partial charge on any atom is 1.00 e. The van der Waals surface area contributed by atoms with Crippen LogP contribution in [0.15, 0.2) is 36.4 Å². The first kappa shape index (κ1) is 13.9. The van der Waals surface area contributed by atoms with E-state index < -0.39 is 0 Å². The van der Waals surface area contributed by atoms with Crippen molar-refractivity contribution in [2.24, 2.45) is 5.41 Å². The number of nitrogens with zero attached hydrogens (tertiary/aromatic N) is 1. The molecule has 1 aromatic rings. The number of rotatable bonds is 0. The summed E-state index contributed by atoms with van der Waals surface area (Å²) in [5.74, 6) is 0. The first-order valence-electron chi connectivity index (χ1n) is 5.55. The molecule has 2 heteroatoms. The van der Waals surface area contributed by atoms with E-state index in [0.717, 1.165) is 18.5 Å². The van der Waals surface area contributed by atoms with E-state index in [1.807, 2.05) is 36.4 Å². The van der Waals surface area contributed by atoms with Crippen molar-refractivity contribution in [3.8, 4) is 0 Å². The zero-order chi connectivity index (χ0) is 9.69. The third-order valence-corrected chi connectivity index (χ3v) is 3.22. The molecule has 2 fully saturated rings. The molecule has 1 saturated heterocycles. The molecule has 1 spiro atoms. The molecule has 1 aliphatic heterocycles. The maximum atomic E-state index is 4.31. The summed E-state index contributed by atoms with van der Waals surface area (Å²) >= 11 is 0. The Balaban J connectivity index is 0.000000146. The van der Waals surface area contributed by atoms with E-state index in [1.165, 1.54) is 25.7 Å². The minimum atomic E-state index is 0. The van der Waals surface area contributed by atoms with Gasteiger partial charge in [-0.25, -0.2) is 0 Å². The Kier molecular flexibility index (Phi) is 6.66. The summed E-state index contributed by atoms with van der Waals surface area (Å²) in [6.07, 6.45) is 5.80. The fourth-order valence-electron chi connectivity index (χ4n) is 1.93. The molecule has 2 aliphatic rings. The molecule has 0 aromatic heterocycles. The van der Waals surface area contributed by atoms with Crippen molar-refractivity contribution < 1.29 is 51.4 Å². The summed E-state index contributed by atoms with van der Waals surface area (Å²) in [5.41, 5.74) is 0.835. The Bertz CT molecular complexity index is 222. The molecule has 0 unspecified atom stereocenters. The summed E-state index contributed by atoms with van der Waals surface area (Å²) in [7, 11) is 0. The van der Waals surface area contributed by atoms with Gasteiger partial charge >= 0.3 is 51.4 Å². The van der Waals surface area contributed by atoms with Gasteiger partial charge in [-0.2, -0.15) is 0 Å². The average Bonchev–Trinajstić information content (AvgIpc) is 3.02. The van der Waals surface area contributed by atoms with Gasteiger partial charge in [-0.05, 0) is 18.3 Å². The normalized spacial score (nSPS) is 20.8. The Labute approximate surface area is 135 Å². The average molecular weight is 227 g/mol. The van der Waals surface area contributed by atoms with Crippen LogP contribution in [0.2, 0.25) is 0 Å². The van der Waals surface area contributed by atoms with Gasteiger partial charge in [0.25, 0.3) is 0 Å². The van der Waals surface area contributed by atoms with Crippen molar-refractivity contribution in [1.82, 2.24) is 0 Å². The molecule has 76 valence electrons. The van der Waals surface area contributed by atoms with Crippen LogP contribution < -0.4 is 51.4 Å². The smallest absolute Gasteiger partial charge is 0.662 e. The molecule has 0 radical (unpaired) electrons. The van der Waals surface area contributed by atoms with E-state index in [9.17, 15) is 0 Å². The van der Waals surface area contributed by atoms with Crippen molar-refractivity contribution >= 4 is 0 Å². The van der Waals surface area contributed by atoms with Gasteiger partial charge in [0.2, 0.25) is 0 Å². The zero-order valence-corrected chi connectivity index (χ0v) is 12.8. The fourth-order valence-corrected chi connectivity index (χ4v) is 1.93. The van der Waals surface area contributed by atoms with Crippen molar-refractivity contribution in [2.45, 2.75) is 25.7 Å². The third kappa shape index (κ3) is 5.11. The molecule has 0 bridgehead atoms. The molecule has 1 nitrogen and oxygen atoms in total. The molecule has 1 aromatic carbocycles. The molecule has 3 rings (SSSR count). The predicted molar refractivity (Wildman–Crippen MR) is 60.4 cm³/mol. The molecule has 1 saturated carbocycles. The summed E-state index contributed by atoms with van der Waals surface area (Å²) in [6.45, 7) is 2.31. The fraction of sp³-hybridized carbons (Fsp3) is 0.538. The van der Waals surface area contributed by atoms with E-state index in [2.05, 4.69) is 5.32 Å². The van der Waals surface area contributed by atoms with E-state index in [-0.39, 0.29) is 51.4 Å². The van der Waals surface area contributed by atoms with E-state index >= 15 is 0 Å². The Hall–Kier alpha value is 0.816. The van der Waals surface area contributed by atoms with Crippen LogP contribution in [0.25, 0.3) is 5.32 Å². The van der Waals surface area contributed by atoms with Crippen LogP contribution in [0, 0.1) is 5.41 Å². The number of benzene rings is 1. The second kappa shape index (κ2) is 7.20. The second-order valence-electron chi connectivity index (χ2n) is 4.33. The standard InChI is InChI=1S/C7H12N.C6H6.K/c1-2-7(1)3-5-8-6-4-7;1-2-4-6-5-3-1;/h1-6H2;1-6H;/q-1;;+1. The second-order valence-corrected chi connectivity index (χ2v) is 4.33. The molecule has 0 amide bonds. The number of hydrogen-bond acceptors (Lipinski definition) is 0. The van der Waals surface area contributed by atoms with Gasteiger partial charge in [0, 0.05) is 0 Å². The van der Waals surface area contributed by atoms with Crippen molar-refractivity contribution in [3.63, 3.8) is 0 Å². The Morgan fingerprint density at radius 1 is 0.667 bits per heavy atom. The van der Waals surface area contributed by atoms with Gasteiger partial charge in [0.15, 0.2) is 0 Å². The van der Waals surface area contributed by atoms with Crippen LogP contribution in [0.1, 0.15) is 25.7 Å². The quantitative estimate of drug-likeness (QED) is 0.577. The minimum absolute atomic E-state index is 0. The Morgan fingerprint density at radius 3 is 1.33 bits per heavy atom. The van der Waals surface area contributed by atoms with Crippen LogP contribution in [0.4, 0.5) is 0 Å². The van der Waals surface area contributed by atoms with Crippen molar-refractivity contribution in [2.75, 3.05) is 13.1 Å². The summed E-state index contributed by atoms with van der Waals surface area (Å²) in [6, 6.07) is 12.0. The van der Waals surface area contributed by atoms with Crippen LogP contribution >= 0.6 is 0 Å². The SMILES string of the molecule is C1CC2(CC[N-]1)CC2.[K+].c1ccccc1. The van der Waals surface area contributed by atoms with E-state index in [1.54, 1.807) is 0 Å². The first-order valence-corrected chi connectivity index (χ1v) is 5.55. The van der Waals surface area contributed by atoms with Gasteiger partial charge < -0.3 is 5.32 Å². The van der Waals surface area contributed by atoms with Crippen LogP contribution in [0.5, 0.6) is 0 Å². The number of hydrogen-bond donors (Lipinski definition) is 0. The summed E-state index contributed by atoms with van der Waals surface area (Å²) in [4.78, 5) is 0. The molecule has 0 atom stereocenters. The van der Waals surface area contributed by atoms with Gasteiger partial charge in [-0.1, -0.05) is 49.2 Å². The summed E-state index contributed by atoms with van der Waals surface area (Å²) in [5, 5.41) is 4.31.